The number of isocyanates is 1. The number of hydrogen-bond acceptors (Lipinski definition) is 4. The number of anilines is 1. The molecule has 0 atom stereocenters. The van der Waals surface area contributed by atoms with Crippen molar-refractivity contribution in [3.63, 3.8) is 0 Å². The summed E-state index contributed by atoms with van der Waals surface area (Å²) in [6.07, 6.45) is 5.49. The van der Waals surface area contributed by atoms with Crippen molar-refractivity contribution in [1.29, 1.82) is 0 Å². The molecule has 1 saturated carbocycles. The number of benzene rings is 1. The third-order valence-electron chi connectivity index (χ3n) is 4.73. The largest absolute Gasteiger partial charge is 0.476 e. The van der Waals surface area contributed by atoms with Crippen LogP contribution in [-0.2, 0) is 15.1 Å². The minimum atomic E-state index is -0.866. The molecule has 1 fully saturated rings. The molecule has 1 heterocycles. The second-order valence-corrected chi connectivity index (χ2v) is 6.60. The molecule has 0 aromatic heterocycles. The van der Waals surface area contributed by atoms with Gasteiger partial charge in [0.1, 0.15) is 5.75 Å². The van der Waals surface area contributed by atoms with Crippen molar-refractivity contribution in [3.8, 4) is 5.75 Å². The number of carbonyl (C=O) groups is 1. The molecule has 116 valence electrons. The highest BCUT2D eigenvalue weighted by Gasteiger charge is 2.41. The molecule has 0 bridgehead atoms. The van der Waals surface area contributed by atoms with E-state index < -0.39 is 11.1 Å². The molecule has 5 heteroatoms. The second kappa shape index (κ2) is 4.96. The van der Waals surface area contributed by atoms with Gasteiger partial charge in [0.2, 0.25) is 6.08 Å². The van der Waals surface area contributed by atoms with Crippen molar-refractivity contribution in [1.82, 2.24) is 0 Å². The minimum absolute atomic E-state index is 0.0866. The van der Waals surface area contributed by atoms with Crippen LogP contribution >= 0.6 is 0 Å². The third-order valence-corrected chi connectivity index (χ3v) is 4.73. The lowest BCUT2D eigenvalue weighted by Crippen LogP contribution is -2.51. The van der Waals surface area contributed by atoms with Gasteiger partial charge in [-0.2, -0.15) is 4.99 Å². The number of aliphatic imine (C=N–C) groups is 1. The second-order valence-electron chi connectivity index (χ2n) is 6.60. The Labute approximate surface area is 130 Å². The number of ether oxygens (including phenoxy) is 1. The fourth-order valence-electron chi connectivity index (χ4n) is 3.50. The van der Waals surface area contributed by atoms with Crippen LogP contribution in [0, 0.1) is 0 Å². The van der Waals surface area contributed by atoms with Gasteiger partial charge < -0.3 is 9.64 Å². The third kappa shape index (κ3) is 2.13. The maximum absolute atomic E-state index is 12.4. The number of likely N-dealkylation sites (N-methyl/N-ethyl adjacent to an activating group) is 1. The van der Waals surface area contributed by atoms with E-state index in [4.69, 9.17) is 4.74 Å². The SMILES string of the molecule is CN1C(=O)C(C)(C)Oc2ccc(C3(N=C=O)CCCC3)cc21. The molecule has 0 spiro atoms. The monoisotopic (exact) mass is 300 g/mol. The van der Waals surface area contributed by atoms with Gasteiger partial charge in [0.05, 0.1) is 11.2 Å². The molecular weight excluding hydrogens is 280 g/mol. The average molecular weight is 300 g/mol. The molecule has 1 aliphatic heterocycles. The highest BCUT2D eigenvalue weighted by molar-refractivity contribution is 6.02. The highest BCUT2D eigenvalue weighted by Crippen LogP contribution is 2.46. The van der Waals surface area contributed by atoms with Gasteiger partial charge in [-0.25, -0.2) is 4.79 Å². The molecule has 3 rings (SSSR count). The molecule has 1 aliphatic carbocycles. The van der Waals surface area contributed by atoms with Gasteiger partial charge in [0.15, 0.2) is 5.60 Å². The van der Waals surface area contributed by atoms with E-state index in [0.29, 0.717) is 5.75 Å². The number of nitrogens with zero attached hydrogens (tertiary/aromatic N) is 2. The lowest BCUT2D eigenvalue weighted by Gasteiger charge is -2.37. The number of fused-ring (bicyclic) bond motifs is 1. The first-order valence-electron chi connectivity index (χ1n) is 7.60. The van der Waals surface area contributed by atoms with Gasteiger partial charge in [0.25, 0.3) is 5.91 Å². The summed E-state index contributed by atoms with van der Waals surface area (Å²) in [5.74, 6) is 0.593. The van der Waals surface area contributed by atoms with E-state index in [0.717, 1.165) is 36.9 Å². The summed E-state index contributed by atoms with van der Waals surface area (Å²) >= 11 is 0. The summed E-state index contributed by atoms with van der Waals surface area (Å²) in [6.45, 7) is 3.52. The van der Waals surface area contributed by atoms with Crippen LogP contribution in [0.2, 0.25) is 0 Å². The Hall–Kier alpha value is -2.13. The zero-order valence-corrected chi connectivity index (χ0v) is 13.2. The van der Waals surface area contributed by atoms with Crippen LogP contribution in [0.4, 0.5) is 5.69 Å². The Balaban J connectivity index is 2.08. The predicted molar refractivity (Wildman–Crippen MR) is 82.8 cm³/mol. The summed E-state index contributed by atoms with van der Waals surface area (Å²) in [6, 6.07) is 5.75. The number of rotatable bonds is 2. The molecule has 2 aliphatic rings. The number of hydrogen-bond donors (Lipinski definition) is 0. The fraction of sp³-hybridized carbons (Fsp3) is 0.529. The topological polar surface area (TPSA) is 59.0 Å². The van der Waals surface area contributed by atoms with Gasteiger partial charge in [-0.3, -0.25) is 4.79 Å². The van der Waals surface area contributed by atoms with Gasteiger partial charge in [-0.1, -0.05) is 18.9 Å². The first-order valence-corrected chi connectivity index (χ1v) is 7.60. The Bertz CT molecular complexity index is 668. The van der Waals surface area contributed by atoms with Crippen LogP contribution in [0.15, 0.2) is 23.2 Å². The Morgan fingerprint density at radius 2 is 1.95 bits per heavy atom. The van der Waals surface area contributed by atoms with E-state index >= 15 is 0 Å². The first kappa shape index (κ1) is 14.8. The van der Waals surface area contributed by atoms with Gasteiger partial charge in [0, 0.05) is 7.05 Å². The maximum Gasteiger partial charge on any atom is 0.270 e. The van der Waals surface area contributed by atoms with E-state index in [1.807, 2.05) is 18.2 Å². The molecule has 5 nitrogen and oxygen atoms in total. The van der Waals surface area contributed by atoms with Crippen LogP contribution in [-0.4, -0.2) is 24.6 Å². The van der Waals surface area contributed by atoms with E-state index in [-0.39, 0.29) is 5.91 Å². The molecule has 1 aromatic rings. The van der Waals surface area contributed by atoms with Crippen molar-refractivity contribution < 1.29 is 14.3 Å². The van der Waals surface area contributed by atoms with Crippen LogP contribution in [0.1, 0.15) is 45.1 Å². The minimum Gasteiger partial charge on any atom is -0.476 e. The Kier molecular flexibility index (Phi) is 3.33. The summed E-state index contributed by atoms with van der Waals surface area (Å²) in [5.41, 5.74) is 0.326. The van der Waals surface area contributed by atoms with Crippen LogP contribution in [0.3, 0.4) is 0 Å². The zero-order valence-electron chi connectivity index (χ0n) is 13.2. The van der Waals surface area contributed by atoms with E-state index in [1.165, 1.54) is 0 Å². The van der Waals surface area contributed by atoms with E-state index in [9.17, 15) is 9.59 Å². The zero-order chi connectivity index (χ0) is 16.0. The normalized spacial score (nSPS) is 21.8. The van der Waals surface area contributed by atoms with Gasteiger partial charge in [-0.15, -0.1) is 0 Å². The van der Waals surface area contributed by atoms with Crippen LogP contribution < -0.4 is 9.64 Å². The standard InChI is InChI=1S/C17H20N2O3/c1-16(2)15(21)19(3)13-10-12(6-7-14(13)22-16)17(18-11-20)8-4-5-9-17/h6-7,10H,4-5,8-9H2,1-3H3. The van der Waals surface area contributed by atoms with Crippen molar-refractivity contribution >= 4 is 17.7 Å². The molecule has 0 radical (unpaired) electrons. The van der Waals surface area contributed by atoms with Crippen LogP contribution in [0.25, 0.3) is 0 Å². The summed E-state index contributed by atoms with van der Waals surface area (Å²) in [4.78, 5) is 28.9. The molecule has 1 amide bonds. The fourth-order valence-corrected chi connectivity index (χ4v) is 3.50. The highest BCUT2D eigenvalue weighted by atomic mass is 16.5. The van der Waals surface area contributed by atoms with Gasteiger partial charge >= 0.3 is 0 Å². The van der Waals surface area contributed by atoms with Gasteiger partial charge in [-0.05, 0) is 44.4 Å². The average Bonchev–Trinajstić information content (AvgIpc) is 2.95. The van der Waals surface area contributed by atoms with Crippen molar-refractivity contribution in [3.05, 3.63) is 23.8 Å². The van der Waals surface area contributed by atoms with Crippen LogP contribution in [0.5, 0.6) is 5.75 Å². The molecule has 22 heavy (non-hydrogen) atoms. The lowest BCUT2D eigenvalue weighted by atomic mass is 9.88. The quantitative estimate of drug-likeness (QED) is 0.623. The molecule has 0 saturated heterocycles. The Morgan fingerprint density at radius 3 is 2.59 bits per heavy atom. The molecule has 0 N–H and O–H groups in total. The first-order chi connectivity index (χ1) is 10.4. The molecule has 1 aromatic carbocycles. The Morgan fingerprint density at radius 1 is 1.27 bits per heavy atom. The van der Waals surface area contributed by atoms with Crippen molar-refractivity contribution in [2.45, 2.75) is 50.7 Å². The smallest absolute Gasteiger partial charge is 0.270 e. The lowest BCUT2D eigenvalue weighted by molar-refractivity contribution is -0.132. The summed E-state index contributed by atoms with van der Waals surface area (Å²) < 4.78 is 5.81. The summed E-state index contributed by atoms with van der Waals surface area (Å²) in [7, 11) is 1.75. The molecular formula is C17H20N2O3. The number of amides is 1. The van der Waals surface area contributed by atoms with E-state index in [2.05, 4.69) is 4.99 Å². The van der Waals surface area contributed by atoms with E-state index in [1.54, 1.807) is 31.9 Å². The predicted octanol–water partition coefficient (Wildman–Crippen LogP) is 2.93. The van der Waals surface area contributed by atoms with Crippen molar-refractivity contribution in [2.24, 2.45) is 4.99 Å². The maximum atomic E-state index is 12.4. The molecule has 0 unspecified atom stereocenters. The number of carbonyl (C=O) groups excluding carboxylic acids is 2. The van der Waals surface area contributed by atoms with Crippen molar-refractivity contribution in [2.75, 3.05) is 11.9 Å². The summed E-state index contributed by atoms with van der Waals surface area (Å²) in [5, 5.41) is 0.